The first-order chi connectivity index (χ1) is 11.2. The molecule has 1 aliphatic heterocycles. The molecule has 5 heteroatoms. The van der Waals surface area contributed by atoms with E-state index in [4.69, 9.17) is 4.74 Å². The molecule has 3 unspecified atom stereocenters. The number of carbonyl (C=O) groups excluding carboxylic acids is 1. The van der Waals surface area contributed by atoms with E-state index in [1.54, 1.807) is 31.4 Å². The summed E-state index contributed by atoms with van der Waals surface area (Å²) < 4.78 is 5.55. The van der Waals surface area contributed by atoms with Crippen molar-refractivity contribution >= 4 is 21.8 Å². The zero-order valence-corrected chi connectivity index (χ0v) is 14.1. The lowest BCUT2D eigenvalue weighted by Gasteiger charge is -2.42. The smallest absolute Gasteiger partial charge is 0.257 e. The Morgan fingerprint density at radius 2 is 1.74 bits per heavy atom. The van der Waals surface area contributed by atoms with Gasteiger partial charge in [0.15, 0.2) is 0 Å². The summed E-state index contributed by atoms with van der Waals surface area (Å²) in [5, 5.41) is 9.69. The van der Waals surface area contributed by atoms with E-state index in [0.717, 1.165) is 11.1 Å². The molecule has 2 aromatic carbocycles. The summed E-state index contributed by atoms with van der Waals surface area (Å²) in [4.78, 5) is 14.3. The maximum absolute atomic E-state index is 13.0. The van der Waals surface area contributed by atoms with Crippen LogP contribution in [0.5, 0.6) is 0 Å². The monoisotopic (exact) mass is 370 g/mol. The van der Waals surface area contributed by atoms with Gasteiger partial charge in [0, 0.05) is 12.7 Å². The van der Waals surface area contributed by atoms with Crippen LogP contribution in [-0.4, -0.2) is 24.1 Å². The molecule has 1 heterocycles. The van der Waals surface area contributed by atoms with Crippen LogP contribution in [0.3, 0.4) is 0 Å². The van der Waals surface area contributed by atoms with Crippen LogP contribution >= 0.6 is 15.9 Å². The Balaban J connectivity index is 2.11. The van der Waals surface area contributed by atoms with Crippen LogP contribution in [0.15, 0.2) is 54.6 Å². The summed E-state index contributed by atoms with van der Waals surface area (Å²) in [6, 6.07) is 18.2. The first-order valence-corrected chi connectivity index (χ1v) is 8.13. The van der Waals surface area contributed by atoms with Crippen LogP contribution in [0.1, 0.15) is 32.4 Å². The minimum absolute atomic E-state index is 0.194. The number of benzene rings is 2. The largest absolute Gasteiger partial charge is 0.360 e. The highest BCUT2D eigenvalue weighted by atomic mass is 79.9. The highest BCUT2D eigenvalue weighted by Gasteiger charge is 2.43. The average molecular weight is 371 g/mol. The number of nitrogens with zero attached hydrogens (tertiary/aromatic N) is 2. The van der Waals surface area contributed by atoms with E-state index in [1.165, 1.54) is 4.90 Å². The zero-order valence-electron chi connectivity index (χ0n) is 12.5. The van der Waals surface area contributed by atoms with Gasteiger partial charge in [0.2, 0.25) is 0 Å². The van der Waals surface area contributed by atoms with Gasteiger partial charge >= 0.3 is 0 Å². The molecule has 0 aliphatic carbocycles. The summed E-state index contributed by atoms with van der Waals surface area (Å²) in [7, 11) is 1.55. The van der Waals surface area contributed by atoms with Crippen LogP contribution in [0.4, 0.5) is 0 Å². The number of hydrogen-bond acceptors (Lipinski definition) is 3. The lowest BCUT2D eigenvalue weighted by atomic mass is 9.91. The van der Waals surface area contributed by atoms with Crippen molar-refractivity contribution in [1.82, 2.24) is 4.90 Å². The second-order valence-electron chi connectivity index (χ2n) is 5.27. The first kappa shape index (κ1) is 15.7. The lowest BCUT2D eigenvalue weighted by Crippen LogP contribution is -2.48. The maximum atomic E-state index is 13.0. The van der Waals surface area contributed by atoms with E-state index in [0.29, 0.717) is 5.56 Å². The van der Waals surface area contributed by atoms with Crippen molar-refractivity contribution in [3.63, 3.8) is 0 Å². The Morgan fingerprint density at radius 1 is 1.13 bits per heavy atom. The summed E-state index contributed by atoms with van der Waals surface area (Å²) in [5.41, 5.74) is 2.34. The Labute approximate surface area is 143 Å². The fourth-order valence-electron chi connectivity index (χ4n) is 2.93. The van der Waals surface area contributed by atoms with Gasteiger partial charge in [-0.15, -0.1) is 0 Å². The van der Waals surface area contributed by atoms with Crippen molar-refractivity contribution in [3.05, 3.63) is 71.3 Å². The number of carbonyl (C=O) groups is 1. The number of methoxy groups -OCH3 is 1. The van der Waals surface area contributed by atoms with Gasteiger partial charge in [-0.1, -0.05) is 58.4 Å². The van der Waals surface area contributed by atoms with Crippen molar-refractivity contribution in [2.45, 2.75) is 17.1 Å². The van der Waals surface area contributed by atoms with E-state index < -0.39 is 12.3 Å². The third-order valence-corrected chi connectivity index (χ3v) is 4.95. The quantitative estimate of drug-likeness (QED) is 0.755. The van der Waals surface area contributed by atoms with Crippen molar-refractivity contribution in [2.75, 3.05) is 7.11 Å². The van der Waals surface area contributed by atoms with Gasteiger partial charge in [0.25, 0.3) is 5.91 Å². The molecule has 2 aromatic rings. The summed E-state index contributed by atoms with van der Waals surface area (Å²) in [6.45, 7) is 0. The molecule has 0 saturated carbocycles. The molecule has 4 nitrogen and oxygen atoms in total. The predicted octanol–water partition coefficient (Wildman–Crippen LogP) is 3.82. The normalized spacial score (nSPS) is 23.0. The SMILES string of the molecule is COC1C(Br)c2ccccc2C(C#N)N1C(=O)c1ccccc1. The van der Waals surface area contributed by atoms with E-state index in [1.807, 2.05) is 30.3 Å². The number of amides is 1. The van der Waals surface area contributed by atoms with Crippen molar-refractivity contribution in [1.29, 1.82) is 5.26 Å². The molecule has 0 aromatic heterocycles. The predicted molar refractivity (Wildman–Crippen MR) is 89.9 cm³/mol. The second kappa shape index (κ2) is 6.53. The van der Waals surface area contributed by atoms with Gasteiger partial charge in [-0.25, -0.2) is 0 Å². The number of alkyl halides is 1. The highest BCUT2D eigenvalue weighted by Crippen LogP contribution is 2.43. The minimum Gasteiger partial charge on any atom is -0.360 e. The summed E-state index contributed by atoms with van der Waals surface area (Å²) >= 11 is 3.62. The van der Waals surface area contributed by atoms with Gasteiger partial charge in [-0.05, 0) is 23.3 Å². The Hall–Kier alpha value is -2.16. The van der Waals surface area contributed by atoms with Crippen molar-refractivity contribution < 1.29 is 9.53 Å². The topological polar surface area (TPSA) is 53.3 Å². The maximum Gasteiger partial charge on any atom is 0.257 e. The minimum atomic E-state index is -0.683. The molecule has 0 N–H and O–H groups in total. The van der Waals surface area contributed by atoms with Gasteiger partial charge in [0.05, 0.1) is 10.9 Å². The number of fused-ring (bicyclic) bond motifs is 1. The van der Waals surface area contributed by atoms with Crippen LogP contribution in [0, 0.1) is 11.3 Å². The van der Waals surface area contributed by atoms with Gasteiger partial charge in [-0.3, -0.25) is 9.69 Å². The number of nitriles is 1. The van der Waals surface area contributed by atoms with Crippen LogP contribution in [-0.2, 0) is 4.74 Å². The number of ether oxygens (including phenoxy) is 1. The zero-order chi connectivity index (χ0) is 16.4. The standard InChI is InChI=1S/C18H15BrN2O2/c1-23-18-16(19)14-10-6-5-9-13(14)15(11-20)21(18)17(22)12-7-3-2-4-8-12/h2-10,15-16,18H,1H3. The Morgan fingerprint density at radius 3 is 2.35 bits per heavy atom. The third-order valence-electron chi connectivity index (χ3n) is 4.01. The fourth-order valence-corrected chi connectivity index (χ4v) is 3.82. The molecule has 3 rings (SSSR count). The second-order valence-corrected chi connectivity index (χ2v) is 6.25. The van der Waals surface area contributed by atoms with Crippen LogP contribution in [0.2, 0.25) is 0 Å². The first-order valence-electron chi connectivity index (χ1n) is 7.22. The molecule has 1 amide bonds. The number of hydrogen-bond donors (Lipinski definition) is 0. The Bertz CT molecular complexity index is 757. The van der Waals surface area contributed by atoms with Gasteiger partial charge in [0.1, 0.15) is 12.3 Å². The van der Waals surface area contributed by atoms with Crippen molar-refractivity contribution in [3.8, 4) is 6.07 Å². The van der Waals surface area contributed by atoms with E-state index in [9.17, 15) is 10.1 Å². The Kier molecular flexibility index (Phi) is 4.46. The molecule has 0 bridgehead atoms. The van der Waals surface area contributed by atoms with Crippen LogP contribution in [0.25, 0.3) is 0 Å². The summed E-state index contributed by atoms with van der Waals surface area (Å²) in [6.07, 6.45) is -0.553. The molecular weight excluding hydrogens is 356 g/mol. The highest BCUT2D eigenvalue weighted by molar-refractivity contribution is 9.09. The van der Waals surface area contributed by atoms with E-state index in [-0.39, 0.29) is 10.7 Å². The summed E-state index contributed by atoms with van der Waals surface area (Å²) in [5.74, 6) is -0.219. The van der Waals surface area contributed by atoms with E-state index >= 15 is 0 Å². The molecule has 0 fully saturated rings. The molecule has 0 spiro atoms. The van der Waals surface area contributed by atoms with Gasteiger partial charge < -0.3 is 4.74 Å². The molecule has 0 saturated heterocycles. The number of halogens is 1. The molecule has 116 valence electrons. The number of rotatable bonds is 2. The lowest BCUT2D eigenvalue weighted by molar-refractivity contribution is -0.0375. The average Bonchev–Trinajstić information content (AvgIpc) is 2.61. The fraction of sp³-hybridized carbons (Fsp3) is 0.222. The van der Waals surface area contributed by atoms with E-state index in [2.05, 4.69) is 22.0 Å². The molecule has 0 radical (unpaired) electrons. The third kappa shape index (κ3) is 2.65. The molecule has 3 atom stereocenters. The van der Waals surface area contributed by atoms with Gasteiger partial charge in [-0.2, -0.15) is 5.26 Å². The molecular formula is C18H15BrN2O2. The molecule has 1 aliphatic rings. The van der Waals surface area contributed by atoms with Crippen LogP contribution < -0.4 is 0 Å². The van der Waals surface area contributed by atoms with Crippen molar-refractivity contribution in [2.24, 2.45) is 0 Å². The molecule has 23 heavy (non-hydrogen) atoms.